The molecule has 1 aliphatic heterocycles. The first-order chi connectivity index (χ1) is 8.59. The van der Waals surface area contributed by atoms with E-state index in [1.54, 1.807) is 0 Å². The quantitative estimate of drug-likeness (QED) is 0.847. The van der Waals surface area contributed by atoms with E-state index in [1.165, 1.54) is 5.56 Å². The normalized spacial score (nSPS) is 17.9. The molecule has 0 aliphatic carbocycles. The Balaban J connectivity index is 1.91. The Kier molecular flexibility index (Phi) is 2.41. The summed E-state index contributed by atoms with van der Waals surface area (Å²) in [6.07, 6.45) is 0. The minimum Gasteiger partial charge on any atom is -0.300 e. The first-order valence-corrected chi connectivity index (χ1v) is 6.18. The van der Waals surface area contributed by atoms with Gasteiger partial charge in [0.2, 0.25) is 0 Å². The molecule has 0 unspecified atom stereocenters. The predicted molar refractivity (Wildman–Crippen MR) is 70.1 cm³/mol. The summed E-state index contributed by atoms with van der Waals surface area (Å²) in [4.78, 5) is 14.0. The Bertz CT molecular complexity index is 609. The molecular formula is C14H17N3O. The summed E-state index contributed by atoms with van der Waals surface area (Å²) in [5, 5.41) is 5.68. The van der Waals surface area contributed by atoms with Crippen molar-refractivity contribution in [3.8, 4) is 0 Å². The van der Waals surface area contributed by atoms with Gasteiger partial charge < -0.3 is 5.10 Å². The van der Waals surface area contributed by atoms with Gasteiger partial charge in [-0.1, -0.05) is 30.3 Å². The molecule has 0 atom stereocenters. The fraction of sp³-hybridized carbons (Fsp3) is 0.357. The Morgan fingerprint density at radius 3 is 2.61 bits per heavy atom. The molecule has 94 valence electrons. The maximum Gasteiger partial charge on any atom is 0.268 e. The molecule has 4 heteroatoms. The van der Waals surface area contributed by atoms with Gasteiger partial charge >= 0.3 is 0 Å². The van der Waals surface area contributed by atoms with Crippen LogP contribution in [0.1, 0.15) is 30.7 Å². The topological polar surface area (TPSA) is 51.9 Å². The van der Waals surface area contributed by atoms with Crippen LogP contribution in [-0.4, -0.2) is 15.1 Å². The number of nitrogens with one attached hydrogen (secondary N) is 2. The number of aromatic amines is 2. The minimum absolute atomic E-state index is 0.00800. The first kappa shape index (κ1) is 11.3. The average Bonchev–Trinajstić information content (AvgIpc) is 2.82. The molecule has 0 spiro atoms. The number of H-pyrrole nitrogens is 2. The molecule has 2 heterocycles. The van der Waals surface area contributed by atoms with Crippen molar-refractivity contribution < 1.29 is 0 Å². The van der Waals surface area contributed by atoms with Crippen LogP contribution in [0.15, 0.2) is 35.1 Å². The van der Waals surface area contributed by atoms with Gasteiger partial charge in [0.25, 0.3) is 5.56 Å². The van der Waals surface area contributed by atoms with Crippen LogP contribution >= 0.6 is 0 Å². The second-order valence-electron chi connectivity index (χ2n) is 5.33. The smallest absolute Gasteiger partial charge is 0.268 e. The van der Waals surface area contributed by atoms with Crippen molar-refractivity contribution in [3.63, 3.8) is 0 Å². The fourth-order valence-electron chi connectivity index (χ4n) is 2.66. The Hall–Kier alpha value is -1.81. The standard InChI is InChI=1S/C14H17N3O/c1-14(2)12-11(13(18)16-15-12)9-17(14)8-10-6-4-3-5-7-10/h3-7H,8-9H2,1-2H3,(H2,15,16,18). The second-order valence-corrected chi connectivity index (χ2v) is 5.33. The van der Waals surface area contributed by atoms with Gasteiger partial charge in [-0.2, -0.15) is 0 Å². The molecule has 0 fully saturated rings. The number of hydrogen-bond acceptors (Lipinski definition) is 2. The van der Waals surface area contributed by atoms with E-state index in [9.17, 15) is 4.79 Å². The summed E-state index contributed by atoms with van der Waals surface area (Å²) in [5.74, 6) is 0. The van der Waals surface area contributed by atoms with Crippen molar-refractivity contribution in [1.29, 1.82) is 0 Å². The average molecular weight is 243 g/mol. The number of nitrogens with zero attached hydrogens (tertiary/aromatic N) is 1. The zero-order valence-corrected chi connectivity index (χ0v) is 10.7. The number of rotatable bonds is 2. The largest absolute Gasteiger partial charge is 0.300 e. The molecule has 1 aliphatic rings. The lowest BCUT2D eigenvalue weighted by Gasteiger charge is -2.31. The molecule has 4 nitrogen and oxygen atoms in total. The van der Waals surface area contributed by atoms with Gasteiger partial charge in [0.15, 0.2) is 0 Å². The van der Waals surface area contributed by atoms with Gasteiger partial charge in [-0.25, -0.2) is 0 Å². The third kappa shape index (κ3) is 1.61. The van der Waals surface area contributed by atoms with Crippen molar-refractivity contribution in [2.24, 2.45) is 0 Å². The van der Waals surface area contributed by atoms with Crippen molar-refractivity contribution in [3.05, 3.63) is 57.5 Å². The highest BCUT2D eigenvalue weighted by molar-refractivity contribution is 5.30. The van der Waals surface area contributed by atoms with Crippen molar-refractivity contribution >= 4 is 0 Å². The van der Waals surface area contributed by atoms with E-state index in [0.717, 1.165) is 17.8 Å². The molecule has 0 amide bonds. The number of aromatic nitrogens is 2. The van der Waals surface area contributed by atoms with E-state index in [0.29, 0.717) is 6.54 Å². The van der Waals surface area contributed by atoms with E-state index < -0.39 is 0 Å². The molecule has 0 bridgehead atoms. The molecule has 1 aromatic carbocycles. The van der Waals surface area contributed by atoms with Gasteiger partial charge in [0.1, 0.15) is 0 Å². The van der Waals surface area contributed by atoms with Crippen molar-refractivity contribution in [2.75, 3.05) is 0 Å². The van der Waals surface area contributed by atoms with Crippen LogP contribution < -0.4 is 5.56 Å². The maximum atomic E-state index is 11.7. The highest BCUT2D eigenvalue weighted by Gasteiger charge is 2.40. The molecule has 1 aromatic heterocycles. The van der Waals surface area contributed by atoms with Crippen LogP contribution in [0.25, 0.3) is 0 Å². The van der Waals surface area contributed by atoms with Gasteiger partial charge in [-0.15, -0.1) is 0 Å². The molecule has 18 heavy (non-hydrogen) atoms. The van der Waals surface area contributed by atoms with Crippen molar-refractivity contribution in [2.45, 2.75) is 32.5 Å². The van der Waals surface area contributed by atoms with E-state index >= 15 is 0 Å². The highest BCUT2D eigenvalue weighted by Crippen LogP contribution is 2.36. The Morgan fingerprint density at radius 2 is 1.94 bits per heavy atom. The molecule has 2 N–H and O–H groups in total. The molecule has 0 saturated heterocycles. The van der Waals surface area contributed by atoms with E-state index in [1.807, 2.05) is 18.2 Å². The van der Waals surface area contributed by atoms with Gasteiger partial charge in [-0.05, 0) is 19.4 Å². The third-order valence-corrected chi connectivity index (χ3v) is 3.84. The molecule has 2 aromatic rings. The summed E-state index contributed by atoms with van der Waals surface area (Å²) < 4.78 is 0. The van der Waals surface area contributed by atoms with Gasteiger partial charge in [0, 0.05) is 13.1 Å². The zero-order valence-electron chi connectivity index (χ0n) is 10.7. The fourth-order valence-corrected chi connectivity index (χ4v) is 2.66. The molecule has 0 saturated carbocycles. The summed E-state index contributed by atoms with van der Waals surface area (Å²) in [7, 11) is 0. The van der Waals surface area contributed by atoms with E-state index in [2.05, 4.69) is 41.1 Å². The summed E-state index contributed by atoms with van der Waals surface area (Å²) >= 11 is 0. The zero-order chi connectivity index (χ0) is 12.8. The SMILES string of the molecule is CC1(C)c2[nH][nH]c(=O)c2CN1Cc1ccccc1. The van der Waals surface area contributed by atoms with Crippen LogP contribution in [0.2, 0.25) is 0 Å². The number of benzene rings is 1. The summed E-state index contributed by atoms with van der Waals surface area (Å²) in [6, 6.07) is 10.3. The Morgan fingerprint density at radius 1 is 1.22 bits per heavy atom. The van der Waals surface area contributed by atoms with E-state index in [4.69, 9.17) is 0 Å². The molecule has 0 radical (unpaired) electrons. The maximum absolute atomic E-state index is 11.7. The number of hydrogen-bond donors (Lipinski definition) is 2. The second kappa shape index (κ2) is 3.85. The monoisotopic (exact) mass is 243 g/mol. The van der Waals surface area contributed by atoms with Gasteiger partial charge in [0.05, 0.1) is 16.8 Å². The Labute approximate surface area is 106 Å². The highest BCUT2D eigenvalue weighted by atomic mass is 16.1. The van der Waals surface area contributed by atoms with Crippen LogP contribution in [0, 0.1) is 0 Å². The predicted octanol–water partition coefficient (Wildman–Crippen LogP) is 1.95. The summed E-state index contributed by atoms with van der Waals surface area (Å²) in [5.41, 5.74) is 3.03. The van der Waals surface area contributed by atoms with E-state index in [-0.39, 0.29) is 11.1 Å². The van der Waals surface area contributed by atoms with Crippen LogP contribution in [-0.2, 0) is 18.6 Å². The van der Waals surface area contributed by atoms with Crippen LogP contribution in [0.4, 0.5) is 0 Å². The summed E-state index contributed by atoms with van der Waals surface area (Å²) in [6.45, 7) is 5.85. The van der Waals surface area contributed by atoms with Crippen molar-refractivity contribution in [1.82, 2.24) is 15.1 Å². The van der Waals surface area contributed by atoms with Crippen LogP contribution in [0.3, 0.4) is 0 Å². The molecule has 3 rings (SSSR count). The number of fused-ring (bicyclic) bond motifs is 1. The minimum atomic E-state index is -0.135. The lowest BCUT2D eigenvalue weighted by Crippen LogP contribution is -2.35. The lowest BCUT2D eigenvalue weighted by molar-refractivity contribution is 0.123. The third-order valence-electron chi connectivity index (χ3n) is 3.84. The lowest BCUT2D eigenvalue weighted by atomic mass is 10.0. The molecular weight excluding hydrogens is 226 g/mol. The first-order valence-electron chi connectivity index (χ1n) is 6.18. The van der Waals surface area contributed by atoms with Crippen LogP contribution in [0.5, 0.6) is 0 Å². The van der Waals surface area contributed by atoms with Gasteiger partial charge in [-0.3, -0.25) is 14.8 Å².